The first kappa shape index (κ1) is 17.8. The monoisotopic (exact) mass is 367 g/mol. The number of halogens is 1. The molecule has 3 aromatic carbocycles. The van der Waals surface area contributed by atoms with Gasteiger partial charge in [0.05, 0.1) is 12.1 Å². The van der Waals surface area contributed by atoms with Crippen molar-refractivity contribution in [2.24, 2.45) is 0 Å². The molecule has 0 atom stereocenters. The highest BCUT2D eigenvalue weighted by molar-refractivity contribution is 6.32. The van der Waals surface area contributed by atoms with E-state index in [9.17, 15) is 4.79 Å². The second kappa shape index (κ2) is 8.41. The van der Waals surface area contributed by atoms with Gasteiger partial charge in [-0.2, -0.15) is 0 Å². The van der Waals surface area contributed by atoms with E-state index >= 15 is 0 Å². The number of amides is 1. The van der Waals surface area contributed by atoms with Crippen LogP contribution >= 0.6 is 11.6 Å². The van der Waals surface area contributed by atoms with Gasteiger partial charge in [0.25, 0.3) is 5.91 Å². The lowest BCUT2D eigenvalue weighted by atomic mass is 10.2. The molecule has 0 aliphatic heterocycles. The van der Waals surface area contributed by atoms with E-state index in [1.807, 2.05) is 36.4 Å². The van der Waals surface area contributed by atoms with Gasteiger partial charge in [0.1, 0.15) is 18.1 Å². The Bertz CT molecular complexity index is 897. The quantitative estimate of drug-likeness (QED) is 0.653. The van der Waals surface area contributed by atoms with Crippen molar-refractivity contribution >= 4 is 23.2 Å². The Balaban J connectivity index is 1.67. The number of nitrogens with one attached hydrogen (secondary N) is 1. The molecule has 0 unspecified atom stereocenters. The fraction of sp³-hybridized carbons (Fsp3) is 0.0952. The molecule has 0 bridgehead atoms. The maximum atomic E-state index is 12.5. The van der Waals surface area contributed by atoms with Gasteiger partial charge < -0.3 is 14.8 Å². The Morgan fingerprint density at radius 2 is 1.81 bits per heavy atom. The van der Waals surface area contributed by atoms with Crippen molar-refractivity contribution in [1.29, 1.82) is 0 Å². The summed E-state index contributed by atoms with van der Waals surface area (Å²) in [6.45, 7) is 0.444. The molecule has 3 aromatic rings. The molecule has 0 fully saturated rings. The number of benzene rings is 3. The van der Waals surface area contributed by atoms with Gasteiger partial charge in [0.2, 0.25) is 0 Å². The van der Waals surface area contributed by atoms with Gasteiger partial charge >= 0.3 is 0 Å². The maximum absolute atomic E-state index is 12.5. The van der Waals surface area contributed by atoms with E-state index in [0.29, 0.717) is 34.4 Å². The number of rotatable bonds is 6. The van der Waals surface area contributed by atoms with Crippen molar-refractivity contribution in [1.82, 2.24) is 0 Å². The topological polar surface area (TPSA) is 47.6 Å². The van der Waals surface area contributed by atoms with Crippen molar-refractivity contribution < 1.29 is 14.3 Å². The molecule has 26 heavy (non-hydrogen) atoms. The molecule has 5 heteroatoms. The van der Waals surface area contributed by atoms with Crippen LogP contribution in [-0.4, -0.2) is 13.0 Å². The number of methoxy groups -OCH3 is 1. The maximum Gasteiger partial charge on any atom is 0.255 e. The van der Waals surface area contributed by atoms with Gasteiger partial charge in [-0.3, -0.25) is 4.79 Å². The van der Waals surface area contributed by atoms with Crippen LogP contribution in [0.2, 0.25) is 5.02 Å². The molecular weight excluding hydrogens is 350 g/mol. The Hall–Kier alpha value is -2.98. The Labute approximate surface area is 157 Å². The molecule has 132 valence electrons. The van der Waals surface area contributed by atoms with E-state index in [2.05, 4.69) is 5.32 Å². The van der Waals surface area contributed by atoms with Crippen molar-refractivity contribution in [3.05, 3.63) is 88.9 Å². The summed E-state index contributed by atoms with van der Waals surface area (Å²) in [5.41, 5.74) is 2.16. The lowest BCUT2D eigenvalue weighted by molar-refractivity contribution is 0.102. The molecule has 0 spiro atoms. The van der Waals surface area contributed by atoms with Crippen molar-refractivity contribution in [3.8, 4) is 11.5 Å². The fourth-order valence-corrected chi connectivity index (χ4v) is 2.67. The van der Waals surface area contributed by atoms with E-state index in [1.165, 1.54) is 0 Å². The highest BCUT2D eigenvalue weighted by atomic mass is 35.5. The lowest BCUT2D eigenvalue weighted by Gasteiger charge is -2.10. The zero-order valence-corrected chi connectivity index (χ0v) is 15.0. The summed E-state index contributed by atoms with van der Waals surface area (Å²) in [6.07, 6.45) is 0. The average molecular weight is 368 g/mol. The molecule has 0 saturated carbocycles. The summed E-state index contributed by atoms with van der Waals surface area (Å²) in [5, 5.41) is 3.25. The second-order valence-electron chi connectivity index (χ2n) is 5.61. The number of hydrogen-bond donors (Lipinski definition) is 1. The molecule has 1 amide bonds. The van der Waals surface area contributed by atoms with E-state index < -0.39 is 0 Å². The third-order valence-electron chi connectivity index (χ3n) is 3.75. The molecule has 3 rings (SSSR count). The molecule has 0 aliphatic carbocycles. The molecule has 0 heterocycles. The molecule has 0 aromatic heterocycles. The molecular formula is C21H18ClNO3. The smallest absolute Gasteiger partial charge is 0.255 e. The van der Waals surface area contributed by atoms with Gasteiger partial charge in [-0.1, -0.05) is 48.0 Å². The SMILES string of the molecule is COc1ccc(NC(=O)c2cccc(OCc3ccccc3)c2)cc1Cl. The minimum absolute atomic E-state index is 0.239. The second-order valence-corrected chi connectivity index (χ2v) is 6.01. The summed E-state index contributed by atoms with van der Waals surface area (Å²) in [6, 6.07) is 22.0. The first-order valence-corrected chi connectivity index (χ1v) is 8.45. The summed E-state index contributed by atoms with van der Waals surface area (Å²) in [4.78, 5) is 12.5. The summed E-state index contributed by atoms with van der Waals surface area (Å²) < 4.78 is 10.9. The first-order valence-electron chi connectivity index (χ1n) is 8.07. The van der Waals surface area contributed by atoms with Crippen LogP contribution in [0.1, 0.15) is 15.9 Å². The summed E-state index contributed by atoms with van der Waals surface area (Å²) >= 11 is 6.09. The number of anilines is 1. The third kappa shape index (κ3) is 4.55. The Kier molecular flexibility index (Phi) is 5.77. The molecule has 0 saturated heterocycles. The van der Waals surface area contributed by atoms with E-state index in [4.69, 9.17) is 21.1 Å². The van der Waals surface area contributed by atoms with Crippen LogP contribution in [0.5, 0.6) is 11.5 Å². The third-order valence-corrected chi connectivity index (χ3v) is 4.05. The van der Waals surface area contributed by atoms with Crippen molar-refractivity contribution in [2.75, 3.05) is 12.4 Å². The molecule has 0 radical (unpaired) electrons. The predicted octanol–water partition coefficient (Wildman–Crippen LogP) is 5.18. The number of carbonyl (C=O) groups is 1. The number of ether oxygens (including phenoxy) is 2. The van der Waals surface area contributed by atoms with Crippen molar-refractivity contribution in [3.63, 3.8) is 0 Å². The first-order chi connectivity index (χ1) is 12.7. The molecule has 0 aliphatic rings. The van der Waals surface area contributed by atoms with Crippen LogP contribution in [0.25, 0.3) is 0 Å². The van der Waals surface area contributed by atoms with Crippen LogP contribution in [-0.2, 0) is 6.61 Å². The highest BCUT2D eigenvalue weighted by Gasteiger charge is 2.09. The minimum Gasteiger partial charge on any atom is -0.495 e. The summed E-state index contributed by atoms with van der Waals surface area (Å²) in [5.74, 6) is 0.951. The van der Waals surface area contributed by atoms with Crippen LogP contribution in [0.4, 0.5) is 5.69 Å². The normalized spacial score (nSPS) is 10.2. The van der Waals surface area contributed by atoms with Gasteiger partial charge in [-0.15, -0.1) is 0 Å². The Morgan fingerprint density at radius 3 is 2.54 bits per heavy atom. The van der Waals surface area contributed by atoms with Crippen LogP contribution in [0.3, 0.4) is 0 Å². The van der Waals surface area contributed by atoms with Gasteiger partial charge in [-0.05, 0) is 42.0 Å². The predicted molar refractivity (Wildman–Crippen MR) is 103 cm³/mol. The van der Waals surface area contributed by atoms with Crippen LogP contribution in [0, 0.1) is 0 Å². The fourth-order valence-electron chi connectivity index (χ4n) is 2.42. The highest BCUT2D eigenvalue weighted by Crippen LogP contribution is 2.27. The average Bonchev–Trinajstić information content (AvgIpc) is 2.67. The lowest BCUT2D eigenvalue weighted by Crippen LogP contribution is -2.12. The Morgan fingerprint density at radius 1 is 1.00 bits per heavy atom. The van der Waals surface area contributed by atoms with Crippen molar-refractivity contribution in [2.45, 2.75) is 6.61 Å². The zero-order valence-electron chi connectivity index (χ0n) is 14.2. The zero-order chi connectivity index (χ0) is 18.4. The minimum atomic E-state index is -0.239. The van der Waals surface area contributed by atoms with E-state index in [-0.39, 0.29) is 5.91 Å². The van der Waals surface area contributed by atoms with Crippen LogP contribution < -0.4 is 14.8 Å². The van der Waals surface area contributed by atoms with Gasteiger partial charge in [0.15, 0.2) is 0 Å². The molecule has 4 nitrogen and oxygen atoms in total. The summed E-state index contributed by atoms with van der Waals surface area (Å²) in [7, 11) is 1.54. The van der Waals surface area contributed by atoms with E-state index in [1.54, 1.807) is 43.5 Å². The standard InChI is InChI=1S/C21H18ClNO3/c1-25-20-11-10-17(13-19(20)22)23-21(24)16-8-5-9-18(12-16)26-14-15-6-3-2-4-7-15/h2-13H,14H2,1H3,(H,23,24). The van der Waals surface area contributed by atoms with Gasteiger partial charge in [-0.25, -0.2) is 0 Å². The van der Waals surface area contributed by atoms with Crippen LogP contribution in [0.15, 0.2) is 72.8 Å². The van der Waals surface area contributed by atoms with E-state index in [0.717, 1.165) is 5.56 Å². The van der Waals surface area contributed by atoms with Gasteiger partial charge in [0, 0.05) is 11.3 Å². The number of hydrogen-bond acceptors (Lipinski definition) is 3. The largest absolute Gasteiger partial charge is 0.495 e. The molecule has 1 N–H and O–H groups in total. The number of carbonyl (C=O) groups excluding carboxylic acids is 1.